The highest BCUT2D eigenvalue weighted by molar-refractivity contribution is 5.90. The average Bonchev–Trinajstić information content (AvgIpc) is 3.10. The lowest BCUT2D eigenvalue weighted by Gasteiger charge is -2.29. The molecule has 0 radical (unpaired) electrons. The molecule has 2 heterocycles. The molecule has 1 aliphatic rings. The molecule has 0 amide bonds. The molecule has 1 aliphatic heterocycles. The highest BCUT2D eigenvalue weighted by atomic mass is 16.6. The first-order valence-corrected chi connectivity index (χ1v) is 8.45. The van der Waals surface area contributed by atoms with Gasteiger partial charge >= 0.3 is 0 Å². The topological polar surface area (TPSA) is 84.3 Å². The third kappa shape index (κ3) is 3.16. The number of anilines is 1. The number of benzene rings is 2. The lowest BCUT2D eigenvalue weighted by molar-refractivity contribution is -0.385. The van der Waals surface area contributed by atoms with Gasteiger partial charge in [0.25, 0.3) is 5.69 Å². The normalized spacial score (nSPS) is 15.0. The zero-order valence-electron chi connectivity index (χ0n) is 14.1. The molecule has 0 atom stereocenters. The number of ether oxygens (including phenoxy) is 1. The van der Waals surface area contributed by atoms with Gasteiger partial charge in [-0.3, -0.25) is 15.2 Å². The van der Waals surface area contributed by atoms with Crippen molar-refractivity contribution in [3.05, 3.63) is 63.8 Å². The molecule has 0 aliphatic carbocycles. The molecule has 0 unspecified atom stereocenters. The van der Waals surface area contributed by atoms with Crippen LogP contribution < -0.4 is 4.90 Å². The molecule has 1 saturated heterocycles. The van der Waals surface area contributed by atoms with Gasteiger partial charge < -0.3 is 9.64 Å². The Morgan fingerprint density at radius 2 is 1.96 bits per heavy atom. The van der Waals surface area contributed by atoms with E-state index in [1.807, 2.05) is 36.4 Å². The molecule has 3 aromatic rings. The third-order valence-corrected chi connectivity index (χ3v) is 4.50. The summed E-state index contributed by atoms with van der Waals surface area (Å²) in [6, 6.07) is 13.0. The maximum atomic E-state index is 11.4. The SMILES string of the molecule is O=[N+]([O-])c1ccc(N2CCOCC2)cc1/C=C/c1n[nH]c2ccccc12. The Morgan fingerprint density at radius 1 is 1.15 bits per heavy atom. The lowest BCUT2D eigenvalue weighted by Crippen LogP contribution is -2.36. The second kappa shape index (κ2) is 6.97. The van der Waals surface area contributed by atoms with Crippen LogP contribution in [-0.4, -0.2) is 41.4 Å². The number of fused-ring (bicyclic) bond motifs is 1. The fourth-order valence-corrected chi connectivity index (χ4v) is 3.14. The van der Waals surface area contributed by atoms with Crippen LogP contribution in [0.25, 0.3) is 23.1 Å². The second-order valence-corrected chi connectivity index (χ2v) is 6.09. The smallest absolute Gasteiger partial charge is 0.276 e. The number of morpholine rings is 1. The van der Waals surface area contributed by atoms with E-state index in [0.29, 0.717) is 18.8 Å². The first kappa shape index (κ1) is 16.3. The van der Waals surface area contributed by atoms with Gasteiger partial charge in [-0.2, -0.15) is 5.10 Å². The van der Waals surface area contributed by atoms with Crippen LogP contribution in [0.2, 0.25) is 0 Å². The highest BCUT2D eigenvalue weighted by Gasteiger charge is 2.17. The monoisotopic (exact) mass is 350 g/mol. The maximum Gasteiger partial charge on any atom is 0.276 e. The van der Waals surface area contributed by atoms with Crippen molar-refractivity contribution in [2.75, 3.05) is 31.2 Å². The Hall–Kier alpha value is -3.19. The minimum absolute atomic E-state index is 0.0816. The van der Waals surface area contributed by atoms with E-state index in [1.54, 1.807) is 18.2 Å². The molecule has 2 aromatic carbocycles. The predicted molar refractivity (Wildman–Crippen MR) is 101 cm³/mol. The molecule has 0 spiro atoms. The fourth-order valence-electron chi connectivity index (χ4n) is 3.14. The van der Waals surface area contributed by atoms with Crippen LogP contribution in [0.15, 0.2) is 42.5 Å². The molecule has 26 heavy (non-hydrogen) atoms. The lowest BCUT2D eigenvalue weighted by atomic mass is 10.1. The molecule has 4 rings (SSSR count). The summed E-state index contributed by atoms with van der Waals surface area (Å²) in [5.74, 6) is 0. The van der Waals surface area contributed by atoms with Crippen molar-refractivity contribution in [3.63, 3.8) is 0 Å². The zero-order chi connectivity index (χ0) is 17.9. The van der Waals surface area contributed by atoms with E-state index >= 15 is 0 Å². The molecule has 0 bridgehead atoms. The van der Waals surface area contributed by atoms with Gasteiger partial charge in [-0.15, -0.1) is 0 Å². The number of hydrogen-bond donors (Lipinski definition) is 1. The fraction of sp³-hybridized carbons (Fsp3) is 0.211. The van der Waals surface area contributed by atoms with Crippen molar-refractivity contribution in [1.82, 2.24) is 10.2 Å². The number of aromatic amines is 1. The van der Waals surface area contributed by atoms with E-state index in [0.717, 1.165) is 35.4 Å². The van der Waals surface area contributed by atoms with Gasteiger partial charge in [0.15, 0.2) is 0 Å². The highest BCUT2D eigenvalue weighted by Crippen LogP contribution is 2.28. The Kier molecular flexibility index (Phi) is 4.37. The van der Waals surface area contributed by atoms with Gasteiger partial charge in [0, 0.05) is 30.2 Å². The number of nitro groups is 1. The van der Waals surface area contributed by atoms with E-state index in [-0.39, 0.29) is 10.6 Å². The van der Waals surface area contributed by atoms with Crippen LogP contribution in [0.5, 0.6) is 0 Å². The van der Waals surface area contributed by atoms with E-state index in [9.17, 15) is 10.1 Å². The summed E-state index contributed by atoms with van der Waals surface area (Å²) < 4.78 is 5.38. The zero-order valence-corrected chi connectivity index (χ0v) is 14.1. The standard InChI is InChI=1S/C19H18N4O3/c24-23(25)19-8-6-15(22-9-11-26-12-10-22)13-14(19)5-7-18-16-3-1-2-4-17(16)20-21-18/h1-8,13H,9-12H2,(H,20,21)/b7-5+. The summed E-state index contributed by atoms with van der Waals surface area (Å²) in [7, 11) is 0. The summed E-state index contributed by atoms with van der Waals surface area (Å²) in [4.78, 5) is 13.2. The summed E-state index contributed by atoms with van der Waals surface area (Å²) >= 11 is 0. The van der Waals surface area contributed by atoms with Crippen molar-refractivity contribution in [2.45, 2.75) is 0 Å². The molecule has 132 valence electrons. The van der Waals surface area contributed by atoms with Crippen LogP contribution in [0.3, 0.4) is 0 Å². The van der Waals surface area contributed by atoms with Crippen molar-refractivity contribution < 1.29 is 9.66 Å². The second-order valence-electron chi connectivity index (χ2n) is 6.09. The summed E-state index contributed by atoms with van der Waals surface area (Å²) in [5, 5.41) is 19.6. The average molecular weight is 350 g/mol. The Bertz CT molecular complexity index is 974. The predicted octanol–water partition coefficient (Wildman–Crippen LogP) is 3.48. The number of para-hydroxylation sites is 1. The van der Waals surface area contributed by atoms with Gasteiger partial charge in [0.2, 0.25) is 0 Å². The van der Waals surface area contributed by atoms with Crippen LogP contribution >= 0.6 is 0 Å². The minimum atomic E-state index is -0.356. The van der Waals surface area contributed by atoms with Crippen molar-refractivity contribution in [1.29, 1.82) is 0 Å². The molecule has 1 fully saturated rings. The third-order valence-electron chi connectivity index (χ3n) is 4.50. The van der Waals surface area contributed by atoms with E-state index in [4.69, 9.17) is 4.74 Å². The summed E-state index contributed by atoms with van der Waals surface area (Å²) in [6.07, 6.45) is 3.56. The largest absolute Gasteiger partial charge is 0.378 e. The molecular formula is C19H18N4O3. The summed E-state index contributed by atoms with van der Waals surface area (Å²) in [5.41, 5.74) is 3.30. The number of H-pyrrole nitrogens is 1. The Labute approximate surface area is 150 Å². The van der Waals surface area contributed by atoms with Crippen molar-refractivity contribution in [3.8, 4) is 0 Å². The summed E-state index contributed by atoms with van der Waals surface area (Å²) in [6.45, 7) is 2.90. The first-order chi connectivity index (χ1) is 12.7. The quantitative estimate of drug-likeness (QED) is 0.575. The number of rotatable bonds is 4. The molecule has 7 nitrogen and oxygen atoms in total. The van der Waals surface area contributed by atoms with Crippen LogP contribution in [0.1, 0.15) is 11.3 Å². The van der Waals surface area contributed by atoms with Gasteiger partial charge in [-0.05, 0) is 30.4 Å². The Balaban J connectivity index is 1.70. The van der Waals surface area contributed by atoms with Crippen molar-refractivity contribution in [2.24, 2.45) is 0 Å². The van der Waals surface area contributed by atoms with Gasteiger partial charge in [0.1, 0.15) is 0 Å². The molecule has 1 N–H and O–H groups in total. The van der Waals surface area contributed by atoms with Crippen LogP contribution in [0, 0.1) is 10.1 Å². The van der Waals surface area contributed by atoms with Crippen LogP contribution in [0.4, 0.5) is 11.4 Å². The van der Waals surface area contributed by atoms with Gasteiger partial charge in [-0.1, -0.05) is 18.2 Å². The molecule has 7 heteroatoms. The maximum absolute atomic E-state index is 11.4. The van der Waals surface area contributed by atoms with Gasteiger partial charge in [-0.25, -0.2) is 0 Å². The number of hydrogen-bond acceptors (Lipinski definition) is 5. The molecule has 1 aromatic heterocycles. The Morgan fingerprint density at radius 3 is 2.77 bits per heavy atom. The number of nitrogens with one attached hydrogen (secondary N) is 1. The number of nitro benzene ring substituents is 1. The minimum Gasteiger partial charge on any atom is -0.378 e. The van der Waals surface area contributed by atoms with E-state index in [2.05, 4.69) is 15.1 Å². The number of aromatic nitrogens is 2. The van der Waals surface area contributed by atoms with E-state index < -0.39 is 0 Å². The van der Waals surface area contributed by atoms with Crippen LogP contribution in [-0.2, 0) is 4.74 Å². The first-order valence-electron chi connectivity index (χ1n) is 8.45. The van der Waals surface area contributed by atoms with Crippen molar-refractivity contribution >= 4 is 34.4 Å². The molecular weight excluding hydrogens is 332 g/mol. The number of nitrogens with zero attached hydrogens (tertiary/aromatic N) is 3. The molecule has 0 saturated carbocycles. The van der Waals surface area contributed by atoms with E-state index in [1.165, 1.54) is 0 Å². The van der Waals surface area contributed by atoms with Gasteiger partial charge in [0.05, 0.1) is 34.9 Å².